The van der Waals surface area contributed by atoms with E-state index >= 15 is 0 Å². The van der Waals surface area contributed by atoms with E-state index in [4.69, 9.17) is 9.15 Å². The summed E-state index contributed by atoms with van der Waals surface area (Å²) < 4.78 is 11.2. The molecule has 2 aromatic rings. The van der Waals surface area contributed by atoms with E-state index in [1.807, 2.05) is 19.1 Å². The minimum Gasteiger partial charge on any atom is -0.488 e. The second kappa shape index (κ2) is 8.58. The maximum Gasteiger partial charge on any atom is 0.339 e. The lowest BCUT2D eigenvalue weighted by molar-refractivity contribution is -0.00881. The largest absolute Gasteiger partial charge is 0.488 e. The average molecular weight is 397 g/mol. The van der Waals surface area contributed by atoms with Crippen LogP contribution in [0.25, 0.3) is 11.0 Å². The number of hydrogen-bond donors (Lipinski definition) is 1. The number of aliphatic hydroxyl groups excluding tert-OH is 1. The number of aliphatic hydroxyl groups is 1. The predicted molar refractivity (Wildman–Crippen MR) is 117 cm³/mol. The zero-order valence-corrected chi connectivity index (χ0v) is 18.0. The summed E-state index contributed by atoms with van der Waals surface area (Å²) in [6, 6.07) is 7.04. The first kappa shape index (κ1) is 21.4. The molecule has 1 aliphatic carbocycles. The minimum absolute atomic E-state index is 0.138. The standard InChI is InChI=1S/C25H32O4/c1-16(9-11-19-17(2)10-12-22(26)25(19,4)5)13-14-28-21-15-23(27)29-20-8-6-7-18(3)24(20)21/h6-8,13,15,19,22,26H,2,9-12,14H2,1,3-5H3/b16-13+/t19-,22+/m1/s1. The lowest BCUT2D eigenvalue weighted by Crippen LogP contribution is -2.41. The molecule has 1 aromatic heterocycles. The molecule has 3 rings (SSSR count). The quantitative estimate of drug-likeness (QED) is 0.513. The Kier molecular flexibility index (Phi) is 6.33. The second-order valence-electron chi connectivity index (χ2n) is 8.86. The molecular formula is C25H32O4. The number of rotatable bonds is 6. The molecular weight excluding hydrogens is 364 g/mol. The van der Waals surface area contributed by atoms with Gasteiger partial charge in [0.05, 0.1) is 17.6 Å². The molecule has 2 atom stereocenters. The third-order valence-corrected chi connectivity index (χ3v) is 6.43. The normalized spacial score (nSPS) is 22.1. The molecule has 1 saturated carbocycles. The van der Waals surface area contributed by atoms with Gasteiger partial charge in [-0.2, -0.15) is 0 Å². The van der Waals surface area contributed by atoms with Crippen LogP contribution in [0.1, 0.15) is 52.0 Å². The second-order valence-corrected chi connectivity index (χ2v) is 8.86. The smallest absolute Gasteiger partial charge is 0.339 e. The average Bonchev–Trinajstić information content (AvgIpc) is 2.64. The van der Waals surface area contributed by atoms with Crippen molar-refractivity contribution in [3.8, 4) is 5.75 Å². The maximum absolute atomic E-state index is 11.8. The number of allylic oxidation sites excluding steroid dienone is 2. The molecule has 4 nitrogen and oxygen atoms in total. The van der Waals surface area contributed by atoms with E-state index in [1.165, 1.54) is 17.2 Å². The van der Waals surface area contributed by atoms with Gasteiger partial charge in [-0.05, 0) is 68.6 Å². The van der Waals surface area contributed by atoms with Crippen LogP contribution in [-0.2, 0) is 0 Å². The van der Waals surface area contributed by atoms with E-state index in [9.17, 15) is 9.90 Å². The van der Waals surface area contributed by atoms with Gasteiger partial charge in [0.2, 0.25) is 0 Å². The molecule has 1 fully saturated rings. The highest BCUT2D eigenvalue weighted by Crippen LogP contribution is 2.45. The van der Waals surface area contributed by atoms with E-state index in [2.05, 4.69) is 33.4 Å². The fourth-order valence-electron chi connectivity index (χ4n) is 4.42. The van der Waals surface area contributed by atoms with Crippen LogP contribution in [0.4, 0.5) is 0 Å². The molecule has 0 aliphatic heterocycles. The molecule has 4 heteroatoms. The van der Waals surface area contributed by atoms with Gasteiger partial charge in [-0.1, -0.05) is 43.7 Å². The number of aryl methyl sites for hydroxylation is 1. The first-order valence-electron chi connectivity index (χ1n) is 10.4. The SMILES string of the molecule is C=C1CC[C@H](O)C(C)(C)[C@@H]1CC/C(C)=C/COc1cc(=O)oc2cccc(C)c12. The van der Waals surface area contributed by atoms with Crippen LogP contribution in [0.5, 0.6) is 5.75 Å². The maximum atomic E-state index is 11.8. The van der Waals surface area contributed by atoms with Gasteiger partial charge in [0, 0.05) is 0 Å². The zero-order valence-electron chi connectivity index (χ0n) is 18.0. The van der Waals surface area contributed by atoms with Gasteiger partial charge < -0.3 is 14.3 Å². The Morgan fingerprint density at radius 1 is 1.41 bits per heavy atom. The molecule has 0 bridgehead atoms. The molecule has 156 valence electrons. The topological polar surface area (TPSA) is 59.7 Å². The van der Waals surface area contributed by atoms with Crippen LogP contribution in [0.2, 0.25) is 0 Å². The van der Waals surface area contributed by atoms with Gasteiger partial charge in [0.1, 0.15) is 17.9 Å². The molecule has 1 heterocycles. The summed E-state index contributed by atoms with van der Waals surface area (Å²) in [6.45, 7) is 13.0. The Labute approximate surface area is 172 Å². The lowest BCUT2D eigenvalue weighted by atomic mass is 9.63. The Balaban J connectivity index is 1.65. The predicted octanol–water partition coefficient (Wildman–Crippen LogP) is 5.56. The van der Waals surface area contributed by atoms with Gasteiger partial charge in [0.25, 0.3) is 0 Å². The Hall–Kier alpha value is -2.33. The Morgan fingerprint density at radius 2 is 2.17 bits per heavy atom. The minimum atomic E-state index is -0.407. The highest BCUT2D eigenvalue weighted by Gasteiger charge is 2.40. The van der Waals surface area contributed by atoms with Crippen molar-refractivity contribution in [2.24, 2.45) is 11.3 Å². The summed E-state index contributed by atoms with van der Waals surface area (Å²) in [7, 11) is 0. The molecule has 0 radical (unpaired) electrons. The number of hydrogen-bond acceptors (Lipinski definition) is 4. The van der Waals surface area contributed by atoms with Gasteiger partial charge in [-0.15, -0.1) is 0 Å². The molecule has 0 spiro atoms. The highest BCUT2D eigenvalue weighted by molar-refractivity contribution is 5.86. The van der Waals surface area contributed by atoms with Crippen molar-refractivity contribution in [1.29, 1.82) is 0 Å². The van der Waals surface area contributed by atoms with E-state index < -0.39 is 5.63 Å². The first-order chi connectivity index (χ1) is 13.7. The van der Waals surface area contributed by atoms with Crippen molar-refractivity contribution in [2.45, 2.75) is 59.5 Å². The van der Waals surface area contributed by atoms with Crippen molar-refractivity contribution in [3.63, 3.8) is 0 Å². The molecule has 0 unspecified atom stereocenters. The van der Waals surface area contributed by atoms with E-state index in [1.54, 1.807) is 6.07 Å². The van der Waals surface area contributed by atoms with E-state index in [-0.39, 0.29) is 11.5 Å². The summed E-state index contributed by atoms with van der Waals surface area (Å²) in [5.74, 6) is 0.879. The number of fused-ring (bicyclic) bond motifs is 1. The number of benzene rings is 1. The molecule has 0 amide bonds. The summed E-state index contributed by atoms with van der Waals surface area (Å²) >= 11 is 0. The third kappa shape index (κ3) is 4.64. The van der Waals surface area contributed by atoms with Crippen LogP contribution < -0.4 is 10.4 Å². The third-order valence-electron chi connectivity index (χ3n) is 6.43. The molecule has 1 aromatic carbocycles. The zero-order chi connectivity index (χ0) is 21.2. The summed E-state index contributed by atoms with van der Waals surface area (Å²) in [6.07, 6.45) is 5.41. The lowest BCUT2D eigenvalue weighted by Gasteiger charge is -2.44. The highest BCUT2D eigenvalue weighted by atomic mass is 16.5. The Bertz CT molecular complexity index is 980. The van der Waals surface area contributed by atoms with Crippen LogP contribution in [0.3, 0.4) is 0 Å². The van der Waals surface area contributed by atoms with Gasteiger partial charge in [-0.3, -0.25) is 0 Å². The molecule has 1 N–H and O–H groups in total. The van der Waals surface area contributed by atoms with E-state index in [0.717, 1.165) is 36.6 Å². The molecule has 1 aliphatic rings. The summed E-state index contributed by atoms with van der Waals surface area (Å²) in [5, 5.41) is 11.2. The Morgan fingerprint density at radius 3 is 2.93 bits per heavy atom. The molecule has 29 heavy (non-hydrogen) atoms. The van der Waals surface area contributed by atoms with Gasteiger partial charge >= 0.3 is 5.63 Å². The summed E-state index contributed by atoms with van der Waals surface area (Å²) in [5.41, 5.74) is 3.50. The van der Waals surface area contributed by atoms with E-state index in [0.29, 0.717) is 23.9 Å². The van der Waals surface area contributed by atoms with Crippen LogP contribution in [0.15, 0.2) is 57.3 Å². The fourth-order valence-corrected chi connectivity index (χ4v) is 4.42. The van der Waals surface area contributed by atoms with Crippen molar-refractivity contribution in [3.05, 3.63) is 64.1 Å². The van der Waals surface area contributed by atoms with Crippen molar-refractivity contribution < 1.29 is 14.3 Å². The molecule has 0 saturated heterocycles. The summed E-state index contributed by atoms with van der Waals surface area (Å²) in [4.78, 5) is 11.8. The van der Waals surface area contributed by atoms with Gasteiger partial charge in [-0.25, -0.2) is 4.79 Å². The number of ether oxygens (including phenoxy) is 1. The van der Waals surface area contributed by atoms with Crippen molar-refractivity contribution in [1.82, 2.24) is 0 Å². The first-order valence-corrected chi connectivity index (χ1v) is 10.4. The fraction of sp³-hybridized carbons (Fsp3) is 0.480. The monoisotopic (exact) mass is 396 g/mol. The van der Waals surface area contributed by atoms with Gasteiger partial charge in [0.15, 0.2) is 0 Å². The van der Waals surface area contributed by atoms with Crippen LogP contribution in [-0.4, -0.2) is 17.8 Å². The van der Waals surface area contributed by atoms with Crippen LogP contribution >= 0.6 is 0 Å². The van der Waals surface area contributed by atoms with Crippen molar-refractivity contribution in [2.75, 3.05) is 6.61 Å². The van der Waals surface area contributed by atoms with Crippen LogP contribution in [0, 0.1) is 18.3 Å². The van der Waals surface area contributed by atoms with Crippen molar-refractivity contribution >= 4 is 11.0 Å².